The minimum Gasteiger partial charge on any atom is -0.306 e. The lowest BCUT2D eigenvalue weighted by atomic mass is 9.90. The third-order valence-corrected chi connectivity index (χ3v) is 40.4. The number of carbonyl (C=O) groups is 4. The van der Waals surface area contributed by atoms with Gasteiger partial charge in [-0.3, -0.25) is 19.2 Å². The molecular weight excluding hydrogens is 1830 g/mol. The highest BCUT2D eigenvalue weighted by Gasteiger charge is 2.51. The van der Waals surface area contributed by atoms with Crippen LogP contribution >= 0.6 is 113 Å². The predicted molar refractivity (Wildman–Crippen MR) is 594 cm³/mol. The molecule has 0 spiro atoms. The summed E-state index contributed by atoms with van der Waals surface area (Å²) < 4.78 is 5.03. The molecule has 0 aromatic carbocycles. The lowest BCUT2D eigenvalue weighted by Gasteiger charge is -2.26. The molecule has 10 aromatic rings. The van der Waals surface area contributed by atoms with Crippen molar-refractivity contribution < 1.29 is 19.2 Å². The van der Waals surface area contributed by atoms with Crippen LogP contribution in [0.3, 0.4) is 0 Å². The monoisotopic (exact) mass is 1990 g/mol. The van der Waals surface area contributed by atoms with Crippen LogP contribution < -0.4 is 0 Å². The first-order valence-electron chi connectivity index (χ1n) is 53.8. The minimum absolute atomic E-state index is 0.00361. The number of hydrogen-bond donors (Lipinski definition) is 0. The zero-order chi connectivity index (χ0) is 93.0. The molecule has 14 rings (SSSR count). The Balaban J connectivity index is 0.762. The van der Waals surface area contributed by atoms with Crippen LogP contribution in [0.5, 0.6) is 0 Å². The van der Waals surface area contributed by atoms with Crippen LogP contribution in [0, 0.1) is 11.8 Å². The van der Waals surface area contributed by atoms with E-state index in [0.717, 1.165) is 116 Å². The lowest BCUT2D eigenvalue weighted by molar-refractivity contribution is -0.124. The summed E-state index contributed by atoms with van der Waals surface area (Å²) in [7, 11) is 0. The number of thiophene rings is 10. The number of amides is 4. The van der Waals surface area contributed by atoms with E-state index < -0.39 is 0 Å². The molecule has 0 saturated carbocycles. The van der Waals surface area contributed by atoms with Crippen LogP contribution in [-0.4, -0.2) is 69.4 Å². The highest BCUT2D eigenvalue weighted by molar-refractivity contribution is 7.34. The summed E-state index contributed by atoms with van der Waals surface area (Å²) in [5.74, 6) is 1.19. The molecule has 18 heteroatoms. The molecule has 4 aliphatic heterocycles. The second-order valence-corrected chi connectivity index (χ2v) is 49.8. The second-order valence-electron chi connectivity index (χ2n) is 39.3. The number of hydrogen-bond acceptors (Lipinski definition) is 14. The van der Waals surface area contributed by atoms with E-state index in [1.165, 1.54) is 353 Å². The lowest BCUT2D eigenvalue weighted by Crippen LogP contribution is -2.31. The summed E-state index contributed by atoms with van der Waals surface area (Å²) in [4.78, 5) is 88.8. The summed E-state index contributed by atoms with van der Waals surface area (Å²) in [5, 5.41) is 4.31. The van der Waals surface area contributed by atoms with Gasteiger partial charge in [0.25, 0.3) is 23.6 Å². The van der Waals surface area contributed by atoms with Crippen LogP contribution in [-0.2, 0) is 19.2 Å². The molecule has 0 aliphatic carbocycles. The summed E-state index contributed by atoms with van der Waals surface area (Å²) in [6.07, 6.45) is 70.1. The van der Waals surface area contributed by atoms with E-state index in [-0.39, 0.29) is 23.6 Å². The Morgan fingerprint density at radius 2 is 0.396 bits per heavy atom. The molecule has 134 heavy (non-hydrogen) atoms. The van der Waals surface area contributed by atoms with Crippen molar-refractivity contribution >= 4 is 179 Å². The first-order valence-corrected chi connectivity index (χ1v) is 62.1. The Bertz CT molecular complexity index is 5300. The van der Waals surface area contributed by atoms with Crippen molar-refractivity contribution in [2.45, 2.75) is 401 Å². The molecule has 0 saturated heterocycles. The molecule has 0 radical (unpaired) electrons. The summed E-state index contributed by atoms with van der Waals surface area (Å²) in [6, 6.07) is 35.9. The molecule has 2 unspecified atom stereocenters. The van der Waals surface area contributed by atoms with Gasteiger partial charge in [-0.05, 0) is 146 Å². The first-order chi connectivity index (χ1) is 66.0. The quantitative estimate of drug-likeness (QED) is 0.0356. The van der Waals surface area contributed by atoms with Crippen LogP contribution in [0.4, 0.5) is 0 Å². The van der Waals surface area contributed by atoms with Gasteiger partial charge in [0.2, 0.25) is 0 Å². The molecule has 0 bridgehead atoms. The fourth-order valence-electron chi connectivity index (χ4n) is 21.1. The largest absolute Gasteiger partial charge is 0.306 e. The number of unbranched alkanes of at least 4 members (excludes halogenated alkanes) is 42. The van der Waals surface area contributed by atoms with Crippen LogP contribution in [0.15, 0.2) is 130 Å². The van der Waals surface area contributed by atoms with Gasteiger partial charge in [0.15, 0.2) is 0 Å². The molecule has 14 heterocycles. The van der Waals surface area contributed by atoms with Gasteiger partial charge in [0.1, 0.15) is 0 Å². The molecular formula is C116H158N4O4S10. The third kappa shape index (κ3) is 28.4. The number of carbonyl (C=O) groups excluding carboxylic acids is 4. The second kappa shape index (κ2) is 56.1. The van der Waals surface area contributed by atoms with Crippen molar-refractivity contribution in [2.24, 2.45) is 11.8 Å². The van der Waals surface area contributed by atoms with Crippen molar-refractivity contribution in [3.63, 3.8) is 0 Å². The van der Waals surface area contributed by atoms with E-state index in [2.05, 4.69) is 159 Å². The Kier molecular flexibility index (Phi) is 43.6. The number of nitrogens with zero attached hydrogens (tertiary/aromatic N) is 4. The Morgan fingerprint density at radius 3 is 0.634 bits per heavy atom. The summed E-state index contributed by atoms with van der Waals surface area (Å²) in [5.41, 5.74) is 5.67. The van der Waals surface area contributed by atoms with Gasteiger partial charge in [0, 0.05) is 93.8 Å². The van der Waals surface area contributed by atoms with Gasteiger partial charge in [-0.15, -0.1) is 113 Å². The average molecular weight is 1990 g/mol. The molecule has 4 amide bonds. The van der Waals surface area contributed by atoms with E-state index in [1.807, 2.05) is 55.1 Å². The van der Waals surface area contributed by atoms with Crippen LogP contribution in [0.1, 0.15) is 421 Å². The molecule has 0 N–H and O–H groups in total. The molecule has 10 aromatic heterocycles. The van der Waals surface area contributed by atoms with Gasteiger partial charge < -0.3 is 19.6 Å². The molecule has 8 nitrogen and oxygen atoms in total. The summed E-state index contributed by atoms with van der Waals surface area (Å²) >= 11 is 17.8. The predicted octanol–water partition coefficient (Wildman–Crippen LogP) is 39.8. The summed E-state index contributed by atoms with van der Waals surface area (Å²) in [6.45, 7) is 16.2. The van der Waals surface area contributed by atoms with Gasteiger partial charge in [-0.1, -0.05) is 375 Å². The zero-order valence-electron chi connectivity index (χ0n) is 82.5. The molecule has 2 atom stereocenters. The SMILES string of the molecule is CCCCCCCCCCCCN1C(=O)C2=C(c3ccc(-c4cc5sc(-c6ccc(C7=C8C(=O)N(CCCC(CCCCCCCC)CCCCCCCCCC)C(c9ccc(-c%10cccs%10)s9)=C8C(=O)N7CCCC(CCCCCCCC)CCCCCCCCCC)s6)cc5s4)s3)N(CCCCCCCCCCCC)C(=O)C2=C1c1ccc(-c2cc3sc(-c4cccs4)cc3s2)s1. The highest BCUT2D eigenvalue weighted by atomic mass is 32.1. The third-order valence-electron chi connectivity index (χ3n) is 28.7. The fraction of sp³-hybridized carbons (Fsp3) is 0.586. The highest BCUT2D eigenvalue weighted by Crippen LogP contribution is 2.56. The molecule has 4 aliphatic rings. The van der Waals surface area contributed by atoms with Crippen molar-refractivity contribution in [3.8, 4) is 48.8 Å². The Labute approximate surface area is 847 Å². The number of rotatable bonds is 71. The molecule has 0 fully saturated rings. The average Bonchev–Trinajstić information content (AvgIpc) is 1.57. The fourth-order valence-corrected chi connectivity index (χ4v) is 32.0. The van der Waals surface area contributed by atoms with Crippen LogP contribution in [0.2, 0.25) is 0 Å². The standard InChI is InChI=1S/C116H158N4O4S10/c1-7-13-19-25-31-35-37-41-47-53-75-117-109(94-72-68-90(128-94)98-82-102-101(132-98)81-97(131-102)88-66-58-80-126-88)105-106(114(117)122)110(118(113(105)121)76-54-48-42-38-36-32-26-20-14-8-2)95-73-69-91(129-95)99-83-103-104(133-99)84-100(134-103)92-70-74-96(130-92)112-108-107(115(123)120(112)78-56-64-86(60-50-44-30-24-18-12-6)62-52-46-40-34-28-22-16-10-4)111(93-71-67-89(127-93)87-65-57-79-125-87)119(116(108)124)77-55-63-85(59-49-43-29-23-17-11-5)61-51-45-39-33-27-21-15-9-3/h57-58,65-74,79-86H,7-56,59-64,75-78H2,1-6H3. The van der Waals surface area contributed by atoms with E-state index in [4.69, 9.17) is 0 Å². The van der Waals surface area contributed by atoms with Gasteiger partial charge in [-0.2, -0.15) is 0 Å². The number of fused-ring (bicyclic) bond motifs is 4. The zero-order valence-corrected chi connectivity index (χ0v) is 90.6. The maximum Gasteiger partial charge on any atom is 0.261 e. The Hall–Kier alpha value is -5.64. The van der Waals surface area contributed by atoms with E-state index in [0.29, 0.717) is 60.3 Å². The van der Waals surface area contributed by atoms with Gasteiger partial charge >= 0.3 is 0 Å². The van der Waals surface area contributed by atoms with Crippen molar-refractivity contribution in [2.75, 3.05) is 26.2 Å². The normalized spacial score (nSPS) is 14.8. The maximum absolute atomic E-state index is 16.3. The van der Waals surface area contributed by atoms with E-state index in [1.54, 1.807) is 68.0 Å². The van der Waals surface area contributed by atoms with Crippen molar-refractivity contribution in [3.05, 3.63) is 150 Å². The van der Waals surface area contributed by atoms with E-state index >= 15 is 19.2 Å². The van der Waals surface area contributed by atoms with Gasteiger partial charge in [0.05, 0.1) is 64.6 Å². The van der Waals surface area contributed by atoms with E-state index in [9.17, 15) is 0 Å². The van der Waals surface area contributed by atoms with Crippen molar-refractivity contribution in [1.29, 1.82) is 0 Å². The van der Waals surface area contributed by atoms with Crippen LogP contribution in [0.25, 0.3) is 90.4 Å². The Morgan fingerprint density at radius 1 is 0.201 bits per heavy atom. The first kappa shape index (κ1) is 104. The smallest absolute Gasteiger partial charge is 0.261 e. The van der Waals surface area contributed by atoms with Crippen molar-refractivity contribution in [1.82, 2.24) is 19.6 Å². The van der Waals surface area contributed by atoms with Gasteiger partial charge in [-0.25, -0.2) is 0 Å². The molecule has 726 valence electrons. The maximum atomic E-state index is 16.3. The topological polar surface area (TPSA) is 81.2 Å². The minimum atomic E-state index is -0.0308.